The van der Waals surface area contributed by atoms with Crippen LogP contribution >= 0.6 is 0 Å². The molecule has 1 unspecified atom stereocenters. The van der Waals surface area contributed by atoms with E-state index in [4.69, 9.17) is 15.3 Å². The Morgan fingerprint density at radius 2 is 1.83 bits per heavy atom. The Bertz CT molecular complexity index is 88.3. The summed E-state index contributed by atoms with van der Waals surface area (Å²) in [5, 5.41) is 26.3. The van der Waals surface area contributed by atoms with E-state index in [1.807, 2.05) is 11.8 Å². The molecule has 0 aliphatic rings. The standard InChI is InChI=1S/C8H19NO3/c1-2-9(4-6-11)8(7-12)3-5-10/h8,10-12H,2-7H2,1H3. The molecule has 0 aliphatic heterocycles. The van der Waals surface area contributed by atoms with Crippen molar-refractivity contribution in [3.63, 3.8) is 0 Å². The van der Waals surface area contributed by atoms with Gasteiger partial charge in [0.15, 0.2) is 0 Å². The number of hydrogen-bond acceptors (Lipinski definition) is 4. The van der Waals surface area contributed by atoms with Gasteiger partial charge in [-0.1, -0.05) is 6.92 Å². The van der Waals surface area contributed by atoms with Crippen LogP contribution in [0.25, 0.3) is 0 Å². The largest absolute Gasteiger partial charge is 0.396 e. The van der Waals surface area contributed by atoms with Gasteiger partial charge in [0.2, 0.25) is 0 Å². The fraction of sp³-hybridized carbons (Fsp3) is 1.00. The first kappa shape index (κ1) is 11.8. The molecule has 0 saturated heterocycles. The zero-order chi connectivity index (χ0) is 9.40. The van der Waals surface area contributed by atoms with E-state index in [9.17, 15) is 0 Å². The summed E-state index contributed by atoms with van der Waals surface area (Å²) in [6.45, 7) is 3.51. The number of hydrogen-bond donors (Lipinski definition) is 3. The van der Waals surface area contributed by atoms with Gasteiger partial charge in [0, 0.05) is 19.2 Å². The highest BCUT2D eigenvalue weighted by atomic mass is 16.3. The first-order valence-electron chi connectivity index (χ1n) is 4.36. The van der Waals surface area contributed by atoms with Gasteiger partial charge < -0.3 is 15.3 Å². The van der Waals surface area contributed by atoms with Crippen molar-refractivity contribution in [2.24, 2.45) is 0 Å². The smallest absolute Gasteiger partial charge is 0.0587 e. The van der Waals surface area contributed by atoms with E-state index in [2.05, 4.69) is 0 Å². The van der Waals surface area contributed by atoms with Crippen molar-refractivity contribution >= 4 is 0 Å². The number of rotatable bonds is 7. The van der Waals surface area contributed by atoms with Gasteiger partial charge in [0.05, 0.1) is 13.2 Å². The van der Waals surface area contributed by atoms with Gasteiger partial charge in [-0.05, 0) is 13.0 Å². The number of aliphatic hydroxyl groups excluding tert-OH is 3. The van der Waals surface area contributed by atoms with Crippen molar-refractivity contribution in [1.29, 1.82) is 0 Å². The zero-order valence-corrected chi connectivity index (χ0v) is 7.61. The highest BCUT2D eigenvalue weighted by molar-refractivity contribution is 4.68. The van der Waals surface area contributed by atoms with Crippen LogP contribution in [-0.4, -0.2) is 59.2 Å². The van der Waals surface area contributed by atoms with E-state index in [0.717, 1.165) is 6.54 Å². The minimum absolute atomic E-state index is 0.0212. The fourth-order valence-electron chi connectivity index (χ4n) is 1.27. The van der Waals surface area contributed by atoms with Gasteiger partial charge in [-0.25, -0.2) is 0 Å². The molecule has 0 aromatic rings. The SMILES string of the molecule is CCN(CCO)C(CO)CCO. The summed E-state index contributed by atoms with van der Waals surface area (Å²) >= 11 is 0. The minimum Gasteiger partial charge on any atom is -0.396 e. The number of likely N-dealkylation sites (N-methyl/N-ethyl adjacent to an activating group) is 1. The molecule has 0 rings (SSSR count). The lowest BCUT2D eigenvalue weighted by Gasteiger charge is -2.27. The van der Waals surface area contributed by atoms with Crippen LogP contribution < -0.4 is 0 Å². The third-order valence-electron chi connectivity index (χ3n) is 1.98. The van der Waals surface area contributed by atoms with Gasteiger partial charge in [-0.2, -0.15) is 0 Å². The van der Waals surface area contributed by atoms with Crippen molar-refractivity contribution in [3.05, 3.63) is 0 Å². The first-order valence-corrected chi connectivity index (χ1v) is 4.36. The van der Waals surface area contributed by atoms with Crippen molar-refractivity contribution in [2.45, 2.75) is 19.4 Å². The highest BCUT2D eigenvalue weighted by Crippen LogP contribution is 2.02. The summed E-state index contributed by atoms with van der Waals surface area (Å²) in [6.07, 6.45) is 0.560. The molecule has 0 aliphatic carbocycles. The van der Waals surface area contributed by atoms with Crippen LogP contribution in [0, 0.1) is 0 Å². The predicted molar refractivity (Wildman–Crippen MR) is 46.9 cm³/mol. The Balaban J connectivity index is 3.84. The Labute approximate surface area is 73.4 Å². The second kappa shape index (κ2) is 7.49. The van der Waals surface area contributed by atoms with Crippen LogP contribution in [0.3, 0.4) is 0 Å². The molecule has 0 bridgehead atoms. The minimum atomic E-state index is -0.0212. The molecule has 4 nitrogen and oxygen atoms in total. The van der Waals surface area contributed by atoms with Crippen molar-refractivity contribution < 1.29 is 15.3 Å². The van der Waals surface area contributed by atoms with Crippen molar-refractivity contribution in [2.75, 3.05) is 32.9 Å². The quantitative estimate of drug-likeness (QED) is 0.469. The van der Waals surface area contributed by atoms with Gasteiger partial charge >= 0.3 is 0 Å². The van der Waals surface area contributed by atoms with Gasteiger partial charge in [0.25, 0.3) is 0 Å². The van der Waals surface area contributed by atoms with Gasteiger partial charge in [-0.3, -0.25) is 4.90 Å². The average molecular weight is 177 g/mol. The van der Waals surface area contributed by atoms with Crippen LogP contribution in [0.1, 0.15) is 13.3 Å². The molecular weight excluding hydrogens is 158 g/mol. The van der Waals surface area contributed by atoms with Crippen LogP contribution in [0.15, 0.2) is 0 Å². The Kier molecular flexibility index (Phi) is 7.39. The Morgan fingerprint density at radius 3 is 2.17 bits per heavy atom. The maximum absolute atomic E-state index is 8.95. The molecule has 0 saturated carbocycles. The second-order valence-corrected chi connectivity index (χ2v) is 2.70. The molecule has 0 heterocycles. The normalized spacial score (nSPS) is 13.8. The van der Waals surface area contributed by atoms with E-state index < -0.39 is 0 Å². The maximum Gasteiger partial charge on any atom is 0.0587 e. The predicted octanol–water partition coefficient (Wildman–Crippen LogP) is -0.956. The molecule has 4 heteroatoms. The zero-order valence-electron chi connectivity index (χ0n) is 7.61. The molecule has 74 valence electrons. The first-order chi connectivity index (χ1) is 5.79. The molecule has 1 atom stereocenters. The third-order valence-corrected chi connectivity index (χ3v) is 1.98. The Hall–Kier alpha value is -0.160. The lowest BCUT2D eigenvalue weighted by molar-refractivity contribution is 0.0873. The molecule has 0 aromatic carbocycles. The van der Waals surface area contributed by atoms with Crippen LogP contribution in [-0.2, 0) is 0 Å². The van der Waals surface area contributed by atoms with E-state index in [1.165, 1.54) is 0 Å². The molecule has 0 amide bonds. The van der Waals surface area contributed by atoms with Crippen molar-refractivity contribution in [3.8, 4) is 0 Å². The maximum atomic E-state index is 8.95. The monoisotopic (exact) mass is 177 g/mol. The summed E-state index contributed by atoms with van der Waals surface area (Å²) < 4.78 is 0. The fourth-order valence-corrected chi connectivity index (χ4v) is 1.27. The van der Waals surface area contributed by atoms with Crippen molar-refractivity contribution in [1.82, 2.24) is 4.90 Å². The van der Waals surface area contributed by atoms with Gasteiger partial charge in [0.1, 0.15) is 0 Å². The van der Waals surface area contributed by atoms with Crippen LogP contribution in [0.5, 0.6) is 0 Å². The second-order valence-electron chi connectivity index (χ2n) is 2.70. The molecule has 0 spiro atoms. The molecule has 0 radical (unpaired) electrons. The van der Waals surface area contributed by atoms with E-state index >= 15 is 0 Å². The Morgan fingerprint density at radius 1 is 1.17 bits per heavy atom. The molecular formula is C8H19NO3. The molecule has 0 aromatic heterocycles. The topological polar surface area (TPSA) is 63.9 Å². The van der Waals surface area contributed by atoms with Crippen LogP contribution in [0.4, 0.5) is 0 Å². The molecule has 0 fully saturated rings. The number of nitrogens with zero attached hydrogens (tertiary/aromatic N) is 1. The van der Waals surface area contributed by atoms with Crippen LogP contribution in [0.2, 0.25) is 0 Å². The average Bonchev–Trinajstić information content (AvgIpc) is 2.11. The summed E-state index contributed by atoms with van der Waals surface area (Å²) in [5.74, 6) is 0. The lowest BCUT2D eigenvalue weighted by Crippen LogP contribution is -2.40. The van der Waals surface area contributed by atoms with Gasteiger partial charge in [-0.15, -0.1) is 0 Å². The lowest BCUT2D eigenvalue weighted by atomic mass is 10.2. The van der Waals surface area contributed by atoms with E-state index in [-0.39, 0.29) is 25.9 Å². The summed E-state index contributed by atoms with van der Waals surface area (Å²) in [5.41, 5.74) is 0. The highest BCUT2D eigenvalue weighted by Gasteiger charge is 2.14. The molecule has 12 heavy (non-hydrogen) atoms. The summed E-state index contributed by atoms with van der Waals surface area (Å²) in [4.78, 5) is 1.95. The number of aliphatic hydroxyl groups is 3. The van der Waals surface area contributed by atoms with E-state index in [1.54, 1.807) is 0 Å². The molecule has 3 N–H and O–H groups in total. The summed E-state index contributed by atoms with van der Waals surface area (Å²) in [7, 11) is 0. The summed E-state index contributed by atoms with van der Waals surface area (Å²) in [6, 6.07) is -0.0212. The third kappa shape index (κ3) is 4.01. The van der Waals surface area contributed by atoms with E-state index in [0.29, 0.717) is 13.0 Å².